The molecule has 71 heavy (non-hydrogen) atoms. The first kappa shape index (κ1) is 67.8. The highest BCUT2D eigenvalue weighted by Gasteiger charge is 2.19. The molecule has 1 atom stereocenters. The highest BCUT2D eigenvalue weighted by Crippen LogP contribution is 2.15. The predicted octanol–water partition coefficient (Wildman–Crippen LogP) is 20.5. The van der Waals surface area contributed by atoms with E-state index in [0.717, 1.165) is 70.6 Å². The summed E-state index contributed by atoms with van der Waals surface area (Å²) < 4.78 is 16.9. The molecule has 0 saturated heterocycles. The normalized spacial score (nSPS) is 12.5. The molecule has 0 aliphatic rings. The zero-order valence-corrected chi connectivity index (χ0v) is 47.0. The third-order valence-electron chi connectivity index (χ3n) is 13.2. The van der Waals surface area contributed by atoms with Crippen LogP contribution in [-0.2, 0) is 28.6 Å². The van der Waals surface area contributed by atoms with E-state index in [9.17, 15) is 14.4 Å². The van der Waals surface area contributed by atoms with Crippen LogP contribution in [0.5, 0.6) is 0 Å². The summed E-state index contributed by atoms with van der Waals surface area (Å²) in [7, 11) is 0. The number of rotatable bonds is 55. The van der Waals surface area contributed by atoms with Gasteiger partial charge in [-0.1, -0.05) is 248 Å². The molecule has 0 amide bonds. The predicted molar refractivity (Wildman–Crippen MR) is 307 cm³/mol. The Morgan fingerprint density at radius 3 is 0.887 bits per heavy atom. The third kappa shape index (κ3) is 57.6. The van der Waals surface area contributed by atoms with E-state index in [2.05, 4.69) is 93.7 Å². The van der Waals surface area contributed by atoms with Gasteiger partial charge in [-0.15, -0.1) is 0 Å². The van der Waals surface area contributed by atoms with Crippen molar-refractivity contribution >= 4 is 17.9 Å². The van der Waals surface area contributed by atoms with Gasteiger partial charge in [0.05, 0.1) is 0 Å². The van der Waals surface area contributed by atoms with Gasteiger partial charge in [-0.2, -0.15) is 0 Å². The quantitative estimate of drug-likeness (QED) is 0.0261. The van der Waals surface area contributed by atoms with Crippen molar-refractivity contribution in [1.29, 1.82) is 0 Å². The molecule has 0 aromatic heterocycles. The first-order valence-corrected chi connectivity index (χ1v) is 30.4. The third-order valence-corrected chi connectivity index (χ3v) is 13.2. The Bertz CT molecular complexity index is 1320. The molecular weight excluding hydrogens is 877 g/mol. The summed E-state index contributed by atoms with van der Waals surface area (Å²) in [6, 6.07) is 0. The number of unbranched alkanes of at least 4 members (excludes halogenated alkanes) is 32. The van der Waals surface area contributed by atoms with Crippen molar-refractivity contribution in [2.75, 3.05) is 13.2 Å². The van der Waals surface area contributed by atoms with Crippen molar-refractivity contribution < 1.29 is 28.6 Å². The van der Waals surface area contributed by atoms with E-state index in [1.165, 1.54) is 186 Å². The number of esters is 3. The second kappa shape index (κ2) is 59.4. The monoisotopic (exact) mass is 991 g/mol. The molecule has 0 N–H and O–H groups in total. The lowest BCUT2D eigenvalue weighted by molar-refractivity contribution is -0.167. The Morgan fingerprint density at radius 1 is 0.282 bits per heavy atom. The van der Waals surface area contributed by atoms with E-state index in [-0.39, 0.29) is 37.5 Å². The van der Waals surface area contributed by atoms with Crippen LogP contribution < -0.4 is 0 Å². The summed E-state index contributed by atoms with van der Waals surface area (Å²) in [5, 5.41) is 0. The first-order valence-electron chi connectivity index (χ1n) is 30.4. The van der Waals surface area contributed by atoms with Crippen LogP contribution in [0.2, 0.25) is 0 Å². The van der Waals surface area contributed by atoms with Gasteiger partial charge in [-0.25, -0.2) is 0 Å². The fourth-order valence-corrected chi connectivity index (χ4v) is 8.54. The number of ether oxygens (including phenoxy) is 3. The molecule has 0 unspecified atom stereocenters. The Kier molecular flexibility index (Phi) is 56.8. The summed E-state index contributed by atoms with van der Waals surface area (Å²) in [5.41, 5.74) is 0. The maximum Gasteiger partial charge on any atom is 0.306 e. The van der Waals surface area contributed by atoms with E-state index >= 15 is 0 Å². The molecular formula is C65H114O6. The van der Waals surface area contributed by atoms with Crippen LogP contribution >= 0.6 is 0 Å². The van der Waals surface area contributed by atoms with Crippen molar-refractivity contribution in [2.45, 2.75) is 309 Å². The lowest BCUT2D eigenvalue weighted by Crippen LogP contribution is -2.30. The molecule has 6 nitrogen and oxygen atoms in total. The second-order valence-corrected chi connectivity index (χ2v) is 20.2. The minimum absolute atomic E-state index is 0.0944. The summed E-state index contributed by atoms with van der Waals surface area (Å²) in [6.07, 6.45) is 76.1. The summed E-state index contributed by atoms with van der Waals surface area (Å²) in [4.78, 5) is 38.2. The maximum absolute atomic E-state index is 12.9. The van der Waals surface area contributed by atoms with E-state index in [4.69, 9.17) is 14.2 Å². The Hall–Kier alpha value is -3.15. The largest absolute Gasteiger partial charge is 0.462 e. The number of hydrogen-bond acceptors (Lipinski definition) is 6. The van der Waals surface area contributed by atoms with E-state index in [1.807, 2.05) is 0 Å². The molecule has 0 fully saturated rings. The Morgan fingerprint density at radius 2 is 0.521 bits per heavy atom. The van der Waals surface area contributed by atoms with Gasteiger partial charge in [0.15, 0.2) is 6.10 Å². The molecule has 6 heteroatoms. The van der Waals surface area contributed by atoms with Crippen LogP contribution in [-0.4, -0.2) is 37.2 Å². The molecule has 0 rings (SSSR count). The van der Waals surface area contributed by atoms with E-state index < -0.39 is 6.10 Å². The molecule has 410 valence electrons. The fraction of sp³-hybridized carbons (Fsp3) is 0.769. The highest BCUT2D eigenvalue weighted by atomic mass is 16.6. The van der Waals surface area contributed by atoms with Crippen LogP contribution in [0.15, 0.2) is 72.9 Å². The molecule has 0 aliphatic heterocycles. The van der Waals surface area contributed by atoms with Gasteiger partial charge in [0, 0.05) is 19.3 Å². The average Bonchev–Trinajstić information content (AvgIpc) is 3.37. The van der Waals surface area contributed by atoms with Crippen LogP contribution in [0.25, 0.3) is 0 Å². The van der Waals surface area contributed by atoms with Gasteiger partial charge < -0.3 is 14.2 Å². The summed E-state index contributed by atoms with van der Waals surface area (Å²) in [6.45, 7) is 6.58. The first-order chi connectivity index (χ1) is 35.0. The van der Waals surface area contributed by atoms with Gasteiger partial charge in [0.2, 0.25) is 0 Å². The van der Waals surface area contributed by atoms with Crippen molar-refractivity contribution in [1.82, 2.24) is 0 Å². The molecule has 0 spiro atoms. The Labute approximate surface area is 440 Å². The molecule has 0 heterocycles. The molecule has 0 saturated carbocycles. The Balaban J connectivity index is 4.44. The van der Waals surface area contributed by atoms with Crippen molar-refractivity contribution in [3.63, 3.8) is 0 Å². The summed E-state index contributed by atoms with van der Waals surface area (Å²) >= 11 is 0. The molecule has 0 aromatic rings. The van der Waals surface area contributed by atoms with Gasteiger partial charge in [-0.05, 0) is 109 Å². The zero-order chi connectivity index (χ0) is 51.4. The zero-order valence-electron chi connectivity index (χ0n) is 47.0. The smallest absolute Gasteiger partial charge is 0.306 e. The van der Waals surface area contributed by atoms with Crippen molar-refractivity contribution in [3.8, 4) is 0 Å². The number of allylic oxidation sites excluding steroid dienone is 12. The number of hydrogen-bond donors (Lipinski definition) is 0. The van der Waals surface area contributed by atoms with E-state index in [0.29, 0.717) is 19.3 Å². The van der Waals surface area contributed by atoms with Crippen LogP contribution in [0.4, 0.5) is 0 Å². The average molecular weight is 992 g/mol. The van der Waals surface area contributed by atoms with Crippen LogP contribution in [0, 0.1) is 0 Å². The lowest BCUT2D eigenvalue weighted by atomic mass is 10.1. The minimum Gasteiger partial charge on any atom is -0.462 e. The van der Waals surface area contributed by atoms with Crippen LogP contribution in [0.3, 0.4) is 0 Å². The standard InChI is InChI=1S/C65H114O6/c1-4-7-10-13-16-19-22-25-28-31-32-35-37-40-43-46-49-52-55-58-64(67)70-61-62(71-65(68)59-56-53-50-47-44-41-38-34-30-27-24-21-18-15-12-9-6-3)60-69-63(66)57-54-51-48-45-42-39-36-33-29-26-23-20-17-14-11-8-5-2/h18,21,25-30,36,39,45,48,62H,4-17,19-20,22-24,31-35,37-38,40-44,46-47,49-61H2,1-3H3/b21-18-,28-25-,29-26-,30-27-,39-36-,48-45-/t62-/m0/s1. The van der Waals surface area contributed by atoms with Gasteiger partial charge >= 0.3 is 17.9 Å². The maximum atomic E-state index is 12.9. The minimum atomic E-state index is -0.801. The SMILES string of the molecule is CCCCC/C=C\C/C=C\CCCCCCCCCC(=O)O[C@@H](COC(=O)CCC/C=C\C/C=C\C/C=C\CCCCCCCC)COC(=O)CCCCCCCCCCC/C=C\CCCCCCCC. The molecule has 0 radical (unpaired) electrons. The fourth-order valence-electron chi connectivity index (χ4n) is 8.54. The molecule has 0 bridgehead atoms. The lowest BCUT2D eigenvalue weighted by Gasteiger charge is -2.18. The van der Waals surface area contributed by atoms with E-state index in [1.54, 1.807) is 0 Å². The molecule has 0 aromatic carbocycles. The van der Waals surface area contributed by atoms with Gasteiger partial charge in [0.25, 0.3) is 0 Å². The van der Waals surface area contributed by atoms with Crippen molar-refractivity contribution in [3.05, 3.63) is 72.9 Å². The summed E-state index contributed by atoms with van der Waals surface area (Å²) in [5.74, 6) is -0.948. The van der Waals surface area contributed by atoms with Crippen molar-refractivity contribution in [2.24, 2.45) is 0 Å². The molecule has 0 aliphatic carbocycles. The topological polar surface area (TPSA) is 78.9 Å². The van der Waals surface area contributed by atoms with Crippen LogP contribution in [0.1, 0.15) is 303 Å². The number of carbonyl (C=O) groups excluding carboxylic acids is 3. The highest BCUT2D eigenvalue weighted by molar-refractivity contribution is 5.71. The van der Waals surface area contributed by atoms with Gasteiger partial charge in [0.1, 0.15) is 13.2 Å². The second-order valence-electron chi connectivity index (χ2n) is 20.2. The van der Waals surface area contributed by atoms with Gasteiger partial charge in [-0.3, -0.25) is 14.4 Å². The number of carbonyl (C=O) groups is 3.